The second kappa shape index (κ2) is 8.50. The SMILES string of the molecule is CCc1ccccc1NC(=O)c1cccc(N2C(=O)[C@H]3C4c5ccccc5C(c5ccccc54)[C@@]3(C)C2=O)c1. The van der Waals surface area contributed by atoms with Gasteiger partial charge in [0.2, 0.25) is 11.8 Å². The maximum atomic E-state index is 14.3. The molecule has 39 heavy (non-hydrogen) atoms. The second-order valence-electron chi connectivity index (χ2n) is 10.9. The number of hydrogen-bond acceptors (Lipinski definition) is 3. The highest BCUT2D eigenvalue weighted by Crippen LogP contribution is 2.67. The molecule has 8 rings (SSSR count). The molecular weight excluding hydrogens is 484 g/mol. The van der Waals surface area contributed by atoms with E-state index in [1.165, 1.54) is 4.90 Å². The normalized spacial score (nSPS) is 24.3. The molecule has 1 aliphatic heterocycles. The number of nitrogens with zero attached hydrogens (tertiary/aromatic N) is 1. The number of carbonyl (C=O) groups is 3. The minimum atomic E-state index is -0.914. The molecule has 0 saturated carbocycles. The lowest BCUT2D eigenvalue weighted by molar-refractivity contribution is -0.128. The minimum Gasteiger partial charge on any atom is -0.322 e. The predicted octanol–water partition coefficient (Wildman–Crippen LogP) is 6.29. The van der Waals surface area contributed by atoms with Crippen LogP contribution in [0.3, 0.4) is 0 Å². The molecule has 4 aromatic rings. The summed E-state index contributed by atoms with van der Waals surface area (Å²) in [6, 6.07) is 31.0. The Labute approximate surface area is 227 Å². The number of benzene rings is 4. The first-order valence-corrected chi connectivity index (χ1v) is 13.5. The fourth-order valence-corrected chi connectivity index (χ4v) is 7.29. The van der Waals surface area contributed by atoms with Crippen molar-refractivity contribution in [2.24, 2.45) is 11.3 Å². The average molecular weight is 513 g/mol. The van der Waals surface area contributed by atoms with Crippen molar-refractivity contribution in [2.45, 2.75) is 32.1 Å². The average Bonchev–Trinajstić information content (AvgIpc) is 3.18. The molecule has 0 spiro atoms. The number of rotatable bonds is 4. The van der Waals surface area contributed by atoms with Crippen LogP contribution in [0.15, 0.2) is 97.1 Å². The topological polar surface area (TPSA) is 66.5 Å². The van der Waals surface area contributed by atoms with Crippen LogP contribution in [0.4, 0.5) is 11.4 Å². The van der Waals surface area contributed by atoms with E-state index in [-0.39, 0.29) is 29.6 Å². The fraction of sp³-hybridized carbons (Fsp3) is 0.206. The molecule has 0 unspecified atom stereocenters. The van der Waals surface area contributed by atoms with Gasteiger partial charge in [0.05, 0.1) is 17.0 Å². The third-order valence-corrected chi connectivity index (χ3v) is 9.03. The zero-order chi connectivity index (χ0) is 26.9. The van der Waals surface area contributed by atoms with Crippen LogP contribution < -0.4 is 10.2 Å². The molecule has 5 nitrogen and oxygen atoms in total. The summed E-state index contributed by atoms with van der Waals surface area (Å²) in [5.74, 6) is -1.58. The monoisotopic (exact) mass is 512 g/mol. The van der Waals surface area contributed by atoms with Gasteiger partial charge in [-0.15, -0.1) is 0 Å². The number of hydrogen-bond donors (Lipinski definition) is 1. The first-order chi connectivity index (χ1) is 18.9. The van der Waals surface area contributed by atoms with E-state index in [1.807, 2.05) is 62.4 Å². The molecule has 1 fully saturated rings. The third-order valence-electron chi connectivity index (χ3n) is 9.03. The van der Waals surface area contributed by atoms with Crippen molar-refractivity contribution in [3.05, 3.63) is 130 Å². The van der Waals surface area contributed by atoms with Crippen LogP contribution >= 0.6 is 0 Å². The van der Waals surface area contributed by atoms with E-state index in [4.69, 9.17) is 0 Å². The van der Waals surface area contributed by atoms with Gasteiger partial charge < -0.3 is 5.32 Å². The Bertz CT molecular complexity index is 1640. The number of nitrogens with one attached hydrogen (secondary N) is 1. The molecule has 0 aromatic heterocycles. The summed E-state index contributed by atoms with van der Waals surface area (Å²) < 4.78 is 0. The Morgan fingerprint density at radius 2 is 1.44 bits per heavy atom. The zero-order valence-corrected chi connectivity index (χ0v) is 21.8. The van der Waals surface area contributed by atoms with Gasteiger partial charge in [0.1, 0.15) is 0 Å². The number of carbonyl (C=O) groups excluding carboxylic acids is 3. The highest BCUT2D eigenvalue weighted by molar-refractivity contribution is 6.25. The van der Waals surface area contributed by atoms with Gasteiger partial charge in [-0.1, -0.05) is 79.7 Å². The largest absolute Gasteiger partial charge is 0.322 e. The van der Waals surface area contributed by atoms with Gasteiger partial charge in [-0.05, 0) is 65.4 Å². The van der Waals surface area contributed by atoms with Gasteiger partial charge in [0, 0.05) is 23.1 Å². The van der Waals surface area contributed by atoms with Crippen molar-refractivity contribution >= 4 is 29.1 Å². The van der Waals surface area contributed by atoms with Crippen LogP contribution in [0.2, 0.25) is 0 Å². The minimum absolute atomic E-state index is 0.189. The van der Waals surface area contributed by atoms with Crippen LogP contribution in [0, 0.1) is 11.3 Å². The second-order valence-corrected chi connectivity index (χ2v) is 10.9. The number of imide groups is 1. The van der Waals surface area contributed by atoms with Gasteiger partial charge in [0.15, 0.2) is 0 Å². The summed E-state index contributed by atoms with van der Waals surface area (Å²) >= 11 is 0. The highest BCUT2D eigenvalue weighted by atomic mass is 16.2. The molecule has 4 aliphatic rings. The van der Waals surface area contributed by atoms with Crippen molar-refractivity contribution < 1.29 is 14.4 Å². The van der Waals surface area contributed by atoms with Gasteiger partial charge >= 0.3 is 0 Å². The maximum absolute atomic E-state index is 14.3. The molecular formula is C34H28N2O3. The van der Waals surface area contributed by atoms with Crippen molar-refractivity contribution in [3.8, 4) is 0 Å². The summed E-state index contributed by atoms with van der Waals surface area (Å²) in [5, 5.41) is 3.00. The molecule has 2 atom stereocenters. The van der Waals surface area contributed by atoms with E-state index in [0.29, 0.717) is 11.3 Å². The fourth-order valence-electron chi connectivity index (χ4n) is 7.29. The van der Waals surface area contributed by atoms with E-state index in [2.05, 4.69) is 29.6 Å². The lowest BCUT2D eigenvalue weighted by atomic mass is 9.48. The lowest BCUT2D eigenvalue weighted by Gasteiger charge is -2.51. The Morgan fingerprint density at radius 3 is 2.10 bits per heavy atom. The summed E-state index contributed by atoms with van der Waals surface area (Å²) in [6.45, 7) is 4.00. The van der Waals surface area contributed by atoms with Crippen LogP contribution in [-0.2, 0) is 16.0 Å². The third kappa shape index (κ3) is 3.16. The molecule has 3 aliphatic carbocycles. The number of para-hydroxylation sites is 1. The maximum Gasteiger partial charge on any atom is 0.255 e. The van der Waals surface area contributed by atoms with Crippen molar-refractivity contribution in [1.82, 2.24) is 0 Å². The quantitative estimate of drug-likeness (QED) is 0.327. The van der Waals surface area contributed by atoms with Crippen LogP contribution in [-0.4, -0.2) is 17.7 Å². The summed E-state index contributed by atoms with van der Waals surface area (Å²) in [6.07, 6.45) is 0.792. The Morgan fingerprint density at radius 1 is 0.821 bits per heavy atom. The first-order valence-electron chi connectivity index (χ1n) is 13.5. The summed E-state index contributed by atoms with van der Waals surface area (Å²) in [7, 11) is 0. The van der Waals surface area contributed by atoms with Crippen LogP contribution in [0.1, 0.15) is 63.9 Å². The zero-order valence-electron chi connectivity index (χ0n) is 21.8. The number of amides is 3. The standard InChI is InChI=1S/C34H28N2O3/c1-3-20-11-4-9-18-27(20)35-31(37)21-12-10-13-22(19-21)36-32(38)30-28-23-14-5-7-16-25(23)29(34(30,2)33(36)39)26-17-8-6-15-24(26)28/h4-19,28-30H,3H2,1-2H3,(H,35,37)/t28?,29?,30-,34-/m1/s1. The molecule has 1 heterocycles. The van der Waals surface area contributed by atoms with E-state index in [1.54, 1.807) is 24.3 Å². The van der Waals surface area contributed by atoms with Gasteiger partial charge in [-0.2, -0.15) is 0 Å². The molecule has 4 aromatic carbocycles. The van der Waals surface area contributed by atoms with E-state index in [9.17, 15) is 14.4 Å². The van der Waals surface area contributed by atoms with Crippen molar-refractivity contribution in [2.75, 3.05) is 10.2 Å². The van der Waals surface area contributed by atoms with Crippen molar-refractivity contribution in [1.29, 1.82) is 0 Å². The summed E-state index contributed by atoms with van der Waals surface area (Å²) in [4.78, 5) is 43.1. The van der Waals surface area contributed by atoms with Gasteiger partial charge in [-0.25, -0.2) is 4.90 Å². The van der Waals surface area contributed by atoms with E-state index < -0.39 is 11.3 Å². The molecule has 0 radical (unpaired) electrons. The number of aryl methyl sites for hydroxylation is 1. The Kier molecular flexibility index (Phi) is 5.14. The van der Waals surface area contributed by atoms with E-state index >= 15 is 0 Å². The van der Waals surface area contributed by atoms with Crippen molar-refractivity contribution in [3.63, 3.8) is 0 Å². The van der Waals surface area contributed by atoms with Crippen LogP contribution in [0.25, 0.3) is 0 Å². The first kappa shape index (κ1) is 23.6. The summed E-state index contributed by atoms with van der Waals surface area (Å²) in [5.41, 5.74) is 6.24. The Hall–Kier alpha value is -4.51. The van der Waals surface area contributed by atoms with E-state index in [0.717, 1.165) is 39.9 Å². The van der Waals surface area contributed by atoms with Crippen LogP contribution in [0.5, 0.6) is 0 Å². The number of anilines is 2. The molecule has 1 saturated heterocycles. The smallest absolute Gasteiger partial charge is 0.255 e. The molecule has 3 amide bonds. The molecule has 1 N–H and O–H groups in total. The molecule has 192 valence electrons. The predicted molar refractivity (Wildman–Crippen MR) is 151 cm³/mol. The lowest BCUT2D eigenvalue weighted by Crippen LogP contribution is -2.49. The van der Waals surface area contributed by atoms with Gasteiger partial charge in [-0.3, -0.25) is 14.4 Å². The highest BCUT2D eigenvalue weighted by Gasteiger charge is 2.68. The Balaban J connectivity index is 1.29. The molecule has 2 bridgehead atoms. The van der Waals surface area contributed by atoms with Gasteiger partial charge in [0.25, 0.3) is 5.91 Å². The molecule has 5 heteroatoms.